The van der Waals surface area contributed by atoms with E-state index in [0.29, 0.717) is 31.6 Å². The average molecular weight is 1580 g/mol. The SMILES string of the molecule is CCC(C)CCCCCCCCCCCCCCCCCCCCC(=O)O[C@H](COC(=O)CCCCCCCCCCCCCCCCCCC(C)C)COP(=O)(O)OCC(O)COP(=O)(O)OC[C@@H](COC(=O)CCCCCCCCC(C)C)OC(=O)CCCCCCCCCCCCCCCCCC(C)C. The third kappa shape index (κ3) is 80.7. The molecule has 0 aromatic rings. The van der Waals surface area contributed by atoms with Crippen LogP contribution in [-0.2, 0) is 65.4 Å². The van der Waals surface area contributed by atoms with Gasteiger partial charge in [0.2, 0.25) is 0 Å². The molecule has 0 aromatic heterocycles. The molecule has 108 heavy (non-hydrogen) atoms. The first-order valence-electron chi connectivity index (χ1n) is 45.7. The summed E-state index contributed by atoms with van der Waals surface area (Å²) in [6.07, 6.45) is 68.3. The van der Waals surface area contributed by atoms with Crippen molar-refractivity contribution in [2.24, 2.45) is 23.7 Å². The standard InChI is InChI=1S/C89H174O17P2/c1-9-82(8)68-60-52-43-37-31-25-19-12-10-11-13-21-27-33-39-45-55-63-71-88(93)105-84(75-99-86(91)69-61-53-44-38-32-26-20-15-14-17-23-29-35-41-49-57-65-79(2)3)77-103-107(95,96)101-73-83(90)74-102-108(97,98)104-78-85(76-100-87(92)70-62-54-48-47-51-59-67-81(6)7)106-89(94)72-64-56-46-40-34-28-22-16-18-24-30-36-42-50-58-66-80(4)5/h79-85,90H,9-78H2,1-8H3,(H,95,96)(H,97,98)/t82?,83?,84-,85-/m1/s1. The first-order chi connectivity index (χ1) is 52.1. The predicted molar refractivity (Wildman–Crippen MR) is 446 cm³/mol. The van der Waals surface area contributed by atoms with Gasteiger partial charge in [-0.05, 0) is 49.4 Å². The summed E-state index contributed by atoms with van der Waals surface area (Å²) in [6, 6.07) is 0. The van der Waals surface area contributed by atoms with Crippen LogP contribution in [0, 0.1) is 23.7 Å². The third-order valence-corrected chi connectivity index (χ3v) is 23.1. The Balaban J connectivity index is 5.21. The van der Waals surface area contributed by atoms with Gasteiger partial charge in [0.15, 0.2) is 12.2 Å². The van der Waals surface area contributed by atoms with Gasteiger partial charge >= 0.3 is 39.5 Å². The second-order valence-corrected chi connectivity index (χ2v) is 36.6. The molecule has 642 valence electrons. The quantitative estimate of drug-likeness (QED) is 0.0222. The summed E-state index contributed by atoms with van der Waals surface area (Å²) < 4.78 is 68.9. The minimum atomic E-state index is -4.97. The molecule has 6 atom stereocenters. The van der Waals surface area contributed by atoms with Crippen molar-refractivity contribution in [2.45, 2.75) is 485 Å². The Morgan fingerprint density at radius 2 is 0.444 bits per heavy atom. The van der Waals surface area contributed by atoms with Crippen LogP contribution in [-0.4, -0.2) is 96.7 Å². The monoisotopic (exact) mass is 1580 g/mol. The lowest BCUT2D eigenvalue weighted by atomic mass is 9.99. The van der Waals surface area contributed by atoms with Crippen LogP contribution in [0.4, 0.5) is 0 Å². The van der Waals surface area contributed by atoms with E-state index in [1.165, 1.54) is 263 Å². The number of ether oxygens (including phenoxy) is 4. The normalized spacial score (nSPS) is 14.1. The van der Waals surface area contributed by atoms with E-state index < -0.39 is 97.5 Å². The molecule has 3 N–H and O–H groups in total. The molecule has 0 aliphatic rings. The van der Waals surface area contributed by atoms with Crippen molar-refractivity contribution in [1.82, 2.24) is 0 Å². The zero-order chi connectivity index (χ0) is 79.5. The molecule has 0 aliphatic carbocycles. The molecule has 0 heterocycles. The molecule has 0 spiro atoms. The van der Waals surface area contributed by atoms with Gasteiger partial charge in [0.25, 0.3) is 0 Å². The van der Waals surface area contributed by atoms with Crippen LogP contribution in [0.15, 0.2) is 0 Å². The molecule has 0 saturated carbocycles. The van der Waals surface area contributed by atoms with Crippen LogP contribution in [0.1, 0.15) is 466 Å². The zero-order valence-corrected chi connectivity index (χ0v) is 73.3. The summed E-state index contributed by atoms with van der Waals surface area (Å²) in [6.45, 7) is 14.3. The molecule has 0 fully saturated rings. The van der Waals surface area contributed by atoms with E-state index in [1.807, 2.05) is 0 Å². The highest BCUT2D eigenvalue weighted by molar-refractivity contribution is 7.47. The Bertz CT molecular complexity index is 2100. The van der Waals surface area contributed by atoms with E-state index in [0.717, 1.165) is 114 Å². The lowest BCUT2D eigenvalue weighted by Crippen LogP contribution is -2.30. The molecular formula is C89H174O17P2. The summed E-state index contributed by atoms with van der Waals surface area (Å²) in [5, 5.41) is 10.7. The summed E-state index contributed by atoms with van der Waals surface area (Å²) in [4.78, 5) is 73.3. The van der Waals surface area contributed by atoms with Crippen molar-refractivity contribution in [1.29, 1.82) is 0 Å². The van der Waals surface area contributed by atoms with Gasteiger partial charge in [0, 0.05) is 25.7 Å². The summed E-state index contributed by atoms with van der Waals surface area (Å²) in [5.41, 5.74) is 0. The number of carbonyl (C=O) groups excluding carboxylic acids is 4. The largest absolute Gasteiger partial charge is 0.472 e. The smallest absolute Gasteiger partial charge is 0.462 e. The van der Waals surface area contributed by atoms with Gasteiger partial charge in [0.05, 0.1) is 26.4 Å². The number of phosphoric ester groups is 2. The first kappa shape index (κ1) is 106. The van der Waals surface area contributed by atoms with E-state index >= 15 is 0 Å². The van der Waals surface area contributed by atoms with Crippen molar-refractivity contribution in [3.8, 4) is 0 Å². The van der Waals surface area contributed by atoms with Crippen molar-refractivity contribution in [3.05, 3.63) is 0 Å². The van der Waals surface area contributed by atoms with Gasteiger partial charge < -0.3 is 33.8 Å². The number of phosphoric acid groups is 2. The Morgan fingerprint density at radius 1 is 0.259 bits per heavy atom. The van der Waals surface area contributed by atoms with Crippen molar-refractivity contribution in [3.63, 3.8) is 0 Å². The Hall–Kier alpha value is -1.94. The van der Waals surface area contributed by atoms with Crippen LogP contribution in [0.3, 0.4) is 0 Å². The van der Waals surface area contributed by atoms with Crippen LogP contribution < -0.4 is 0 Å². The Morgan fingerprint density at radius 3 is 0.657 bits per heavy atom. The number of hydrogen-bond acceptors (Lipinski definition) is 15. The van der Waals surface area contributed by atoms with Crippen LogP contribution in [0.5, 0.6) is 0 Å². The topological polar surface area (TPSA) is 237 Å². The molecule has 4 unspecified atom stereocenters. The number of unbranched alkanes of at least 4 members (excludes halogenated alkanes) is 51. The molecular weight excluding hydrogens is 1400 g/mol. The number of esters is 4. The highest BCUT2D eigenvalue weighted by atomic mass is 31.2. The van der Waals surface area contributed by atoms with Crippen molar-refractivity contribution in [2.75, 3.05) is 39.6 Å². The number of aliphatic hydroxyl groups is 1. The molecule has 0 saturated heterocycles. The summed E-state index contributed by atoms with van der Waals surface area (Å²) >= 11 is 0. The maximum Gasteiger partial charge on any atom is 0.472 e. The van der Waals surface area contributed by atoms with Gasteiger partial charge in [-0.25, -0.2) is 9.13 Å². The molecule has 0 aliphatic heterocycles. The molecule has 19 heteroatoms. The van der Waals surface area contributed by atoms with Crippen molar-refractivity contribution < 1.29 is 80.2 Å². The molecule has 0 bridgehead atoms. The van der Waals surface area contributed by atoms with Crippen LogP contribution in [0.25, 0.3) is 0 Å². The summed E-state index contributed by atoms with van der Waals surface area (Å²) in [5.74, 6) is 1.06. The maximum atomic E-state index is 13.2. The van der Waals surface area contributed by atoms with E-state index in [-0.39, 0.29) is 25.7 Å². The number of hydrogen-bond donors (Lipinski definition) is 3. The summed E-state index contributed by atoms with van der Waals surface area (Å²) in [7, 11) is -9.93. The zero-order valence-electron chi connectivity index (χ0n) is 71.5. The minimum Gasteiger partial charge on any atom is -0.462 e. The average Bonchev–Trinajstić information content (AvgIpc) is 0.901. The third-order valence-electron chi connectivity index (χ3n) is 21.2. The highest BCUT2D eigenvalue weighted by Gasteiger charge is 2.31. The van der Waals surface area contributed by atoms with Gasteiger partial charge in [-0.2, -0.15) is 0 Å². The molecule has 0 rings (SSSR count). The van der Waals surface area contributed by atoms with Crippen LogP contribution in [0.2, 0.25) is 0 Å². The van der Waals surface area contributed by atoms with E-state index in [2.05, 4.69) is 55.4 Å². The van der Waals surface area contributed by atoms with Gasteiger partial charge in [0.1, 0.15) is 19.3 Å². The fourth-order valence-corrected chi connectivity index (χ4v) is 15.4. The lowest BCUT2D eigenvalue weighted by molar-refractivity contribution is -0.161. The second kappa shape index (κ2) is 77.6. The van der Waals surface area contributed by atoms with Crippen LogP contribution >= 0.6 is 15.6 Å². The van der Waals surface area contributed by atoms with Gasteiger partial charge in [-0.15, -0.1) is 0 Å². The predicted octanol–water partition coefficient (Wildman–Crippen LogP) is 27.1. The minimum absolute atomic E-state index is 0.107. The molecule has 0 radical (unpaired) electrons. The lowest BCUT2D eigenvalue weighted by Gasteiger charge is -2.21. The van der Waals surface area contributed by atoms with Gasteiger partial charge in [-0.1, -0.05) is 415 Å². The van der Waals surface area contributed by atoms with E-state index in [9.17, 15) is 43.2 Å². The molecule has 0 amide bonds. The number of carbonyl (C=O) groups is 4. The van der Waals surface area contributed by atoms with E-state index in [4.69, 9.17) is 37.0 Å². The Labute approximate surface area is 664 Å². The van der Waals surface area contributed by atoms with E-state index in [1.54, 1.807) is 0 Å². The molecule has 0 aromatic carbocycles. The highest BCUT2D eigenvalue weighted by Crippen LogP contribution is 2.45. The maximum absolute atomic E-state index is 13.2. The van der Waals surface area contributed by atoms with Crippen molar-refractivity contribution >= 4 is 39.5 Å². The second-order valence-electron chi connectivity index (χ2n) is 33.7. The fraction of sp³-hybridized carbons (Fsp3) is 0.955. The number of rotatable bonds is 86. The Kier molecular flexibility index (Phi) is 76.2. The molecule has 17 nitrogen and oxygen atoms in total. The fourth-order valence-electron chi connectivity index (χ4n) is 13.8. The first-order valence-corrected chi connectivity index (χ1v) is 48.7. The number of aliphatic hydroxyl groups excluding tert-OH is 1. The van der Waals surface area contributed by atoms with Gasteiger partial charge in [-0.3, -0.25) is 37.3 Å².